The number of rotatable bonds is 3. The molecule has 0 aliphatic heterocycles. The molecule has 2 N–H and O–H groups in total. The number of hydrogen-bond donors (Lipinski definition) is 1. The van der Waals surface area contributed by atoms with Crippen molar-refractivity contribution in [1.82, 2.24) is 4.90 Å². The average Bonchev–Trinajstić information content (AvgIpc) is 2.20. The molecule has 3 heteroatoms. The smallest absolute Gasteiger partial charge is 0.0477 e. The Balaban J connectivity index is 3.05. The lowest BCUT2D eigenvalue weighted by Gasteiger charge is -2.38. The molecule has 0 radical (unpaired) electrons. The number of likely N-dealkylation sites (N-methyl/N-ethyl adjacent to an activating group) is 1. The van der Waals surface area contributed by atoms with E-state index in [-0.39, 0.29) is 11.6 Å². The molecular weight excluding hydrogens is 220 g/mol. The highest BCUT2D eigenvalue weighted by molar-refractivity contribution is 6.31. The Hall–Kier alpha value is -0.570. The van der Waals surface area contributed by atoms with E-state index in [0.717, 1.165) is 16.1 Å². The van der Waals surface area contributed by atoms with Gasteiger partial charge in [0.25, 0.3) is 0 Å². The molecule has 2 nitrogen and oxygen atoms in total. The van der Waals surface area contributed by atoms with Crippen LogP contribution in [0.5, 0.6) is 0 Å². The summed E-state index contributed by atoms with van der Waals surface area (Å²) in [5.74, 6) is 0. The summed E-state index contributed by atoms with van der Waals surface area (Å²) in [5, 5.41) is 0.780. The van der Waals surface area contributed by atoms with E-state index in [1.54, 1.807) is 0 Å². The Morgan fingerprint density at radius 3 is 2.31 bits per heavy atom. The van der Waals surface area contributed by atoms with Crippen LogP contribution in [0.2, 0.25) is 5.02 Å². The Morgan fingerprint density at radius 1 is 1.31 bits per heavy atom. The molecule has 0 spiro atoms. The fourth-order valence-electron chi connectivity index (χ4n) is 1.49. The van der Waals surface area contributed by atoms with E-state index in [9.17, 15) is 0 Å². The van der Waals surface area contributed by atoms with Gasteiger partial charge in [0.1, 0.15) is 0 Å². The van der Waals surface area contributed by atoms with E-state index >= 15 is 0 Å². The van der Waals surface area contributed by atoms with E-state index in [1.807, 2.05) is 33.2 Å². The van der Waals surface area contributed by atoms with Crippen molar-refractivity contribution >= 4 is 11.6 Å². The quantitative estimate of drug-likeness (QED) is 0.880. The second kappa shape index (κ2) is 4.74. The molecule has 1 aromatic carbocycles. The van der Waals surface area contributed by atoms with Crippen LogP contribution in [0.25, 0.3) is 0 Å². The molecule has 16 heavy (non-hydrogen) atoms. The summed E-state index contributed by atoms with van der Waals surface area (Å²) >= 11 is 6.12. The Kier molecular flexibility index (Phi) is 4.00. The molecule has 90 valence electrons. The van der Waals surface area contributed by atoms with Crippen molar-refractivity contribution < 1.29 is 0 Å². The van der Waals surface area contributed by atoms with Crippen LogP contribution in [0.4, 0.5) is 0 Å². The maximum Gasteiger partial charge on any atom is 0.0477 e. The second-order valence-electron chi connectivity index (χ2n) is 5.03. The van der Waals surface area contributed by atoms with E-state index in [2.05, 4.69) is 24.8 Å². The maximum atomic E-state index is 6.29. The summed E-state index contributed by atoms with van der Waals surface area (Å²) < 4.78 is 0. The van der Waals surface area contributed by atoms with Crippen molar-refractivity contribution in [3.8, 4) is 0 Å². The van der Waals surface area contributed by atoms with Gasteiger partial charge >= 0.3 is 0 Å². The fraction of sp³-hybridized carbons (Fsp3) is 0.538. The van der Waals surface area contributed by atoms with Gasteiger partial charge in [0, 0.05) is 16.6 Å². The van der Waals surface area contributed by atoms with Crippen LogP contribution in [0.3, 0.4) is 0 Å². The van der Waals surface area contributed by atoms with Crippen molar-refractivity contribution in [2.45, 2.75) is 32.4 Å². The molecule has 0 aromatic heterocycles. The number of halogens is 1. The first-order chi connectivity index (χ1) is 7.26. The lowest BCUT2D eigenvalue weighted by atomic mass is 9.88. The number of hydrogen-bond acceptors (Lipinski definition) is 2. The van der Waals surface area contributed by atoms with E-state index < -0.39 is 0 Å². The number of benzene rings is 1. The summed E-state index contributed by atoms with van der Waals surface area (Å²) in [6.07, 6.45) is 0. The van der Waals surface area contributed by atoms with Crippen LogP contribution >= 0.6 is 11.6 Å². The lowest BCUT2D eigenvalue weighted by Crippen LogP contribution is -2.47. The van der Waals surface area contributed by atoms with Gasteiger partial charge in [-0.15, -0.1) is 0 Å². The standard InChI is InChI=1S/C13H21ClN2/c1-9-6-7-10(8-11(9)14)12(15)13(2,3)16(4)5/h6-8,12H,15H2,1-5H3. The van der Waals surface area contributed by atoms with Gasteiger partial charge in [-0.05, 0) is 52.1 Å². The summed E-state index contributed by atoms with van der Waals surface area (Å²) in [4.78, 5) is 2.13. The van der Waals surface area contributed by atoms with Crippen molar-refractivity contribution in [2.24, 2.45) is 5.73 Å². The van der Waals surface area contributed by atoms with Crippen LogP contribution in [-0.2, 0) is 0 Å². The molecule has 0 bridgehead atoms. The Labute approximate surface area is 103 Å². The van der Waals surface area contributed by atoms with Gasteiger partial charge in [0.2, 0.25) is 0 Å². The molecule has 0 heterocycles. The molecule has 0 aliphatic rings. The third kappa shape index (κ3) is 2.57. The molecule has 0 saturated heterocycles. The van der Waals surface area contributed by atoms with Gasteiger partial charge in [0.05, 0.1) is 0 Å². The van der Waals surface area contributed by atoms with Crippen LogP contribution in [0.1, 0.15) is 31.0 Å². The predicted molar refractivity (Wildman–Crippen MR) is 70.9 cm³/mol. The maximum absolute atomic E-state index is 6.29. The molecule has 0 saturated carbocycles. The third-order valence-corrected chi connectivity index (χ3v) is 3.88. The molecule has 0 aliphatic carbocycles. The first kappa shape index (κ1) is 13.5. The van der Waals surface area contributed by atoms with Crippen LogP contribution < -0.4 is 5.73 Å². The van der Waals surface area contributed by atoms with Gasteiger partial charge in [-0.25, -0.2) is 0 Å². The summed E-state index contributed by atoms with van der Waals surface area (Å²) in [7, 11) is 4.07. The van der Waals surface area contributed by atoms with Crippen molar-refractivity contribution in [2.75, 3.05) is 14.1 Å². The highest BCUT2D eigenvalue weighted by atomic mass is 35.5. The zero-order valence-electron chi connectivity index (χ0n) is 10.7. The predicted octanol–water partition coefficient (Wildman–Crippen LogP) is 2.99. The molecule has 0 fully saturated rings. The molecule has 0 amide bonds. The number of nitrogens with two attached hydrogens (primary N) is 1. The van der Waals surface area contributed by atoms with Gasteiger partial charge in [-0.3, -0.25) is 0 Å². The average molecular weight is 241 g/mol. The summed E-state index contributed by atoms with van der Waals surface area (Å²) in [6, 6.07) is 5.98. The zero-order chi connectivity index (χ0) is 12.5. The lowest BCUT2D eigenvalue weighted by molar-refractivity contribution is 0.159. The largest absolute Gasteiger partial charge is 0.322 e. The van der Waals surface area contributed by atoms with Crippen LogP contribution in [0.15, 0.2) is 18.2 Å². The SMILES string of the molecule is Cc1ccc(C(N)C(C)(C)N(C)C)cc1Cl. The zero-order valence-corrected chi connectivity index (χ0v) is 11.5. The normalized spacial score (nSPS) is 14.2. The summed E-state index contributed by atoms with van der Waals surface area (Å²) in [6.45, 7) is 6.26. The van der Waals surface area contributed by atoms with Gasteiger partial charge in [-0.1, -0.05) is 23.7 Å². The third-order valence-electron chi connectivity index (χ3n) is 3.47. The first-order valence-electron chi connectivity index (χ1n) is 5.46. The van der Waals surface area contributed by atoms with Crippen LogP contribution in [0, 0.1) is 6.92 Å². The molecule has 1 unspecified atom stereocenters. The number of aryl methyl sites for hydroxylation is 1. The molecule has 1 aromatic rings. The minimum atomic E-state index is -0.0986. The monoisotopic (exact) mass is 240 g/mol. The fourth-order valence-corrected chi connectivity index (χ4v) is 1.68. The minimum absolute atomic E-state index is 0.0550. The molecule has 1 rings (SSSR count). The molecule has 1 atom stereocenters. The van der Waals surface area contributed by atoms with Crippen LogP contribution in [-0.4, -0.2) is 24.5 Å². The second-order valence-corrected chi connectivity index (χ2v) is 5.44. The summed E-state index contributed by atoms with van der Waals surface area (Å²) in [5.41, 5.74) is 8.36. The Bertz CT molecular complexity index is 372. The highest BCUT2D eigenvalue weighted by Gasteiger charge is 2.29. The topological polar surface area (TPSA) is 29.3 Å². The van der Waals surface area contributed by atoms with Gasteiger partial charge in [0.15, 0.2) is 0 Å². The first-order valence-corrected chi connectivity index (χ1v) is 5.83. The van der Waals surface area contributed by atoms with E-state index in [0.29, 0.717) is 0 Å². The minimum Gasteiger partial charge on any atom is -0.322 e. The van der Waals surface area contributed by atoms with Gasteiger partial charge in [-0.2, -0.15) is 0 Å². The Morgan fingerprint density at radius 2 is 1.88 bits per heavy atom. The van der Waals surface area contributed by atoms with Crippen molar-refractivity contribution in [3.63, 3.8) is 0 Å². The highest BCUT2D eigenvalue weighted by Crippen LogP contribution is 2.29. The van der Waals surface area contributed by atoms with Gasteiger partial charge < -0.3 is 10.6 Å². The van der Waals surface area contributed by atoms with E-state index in [4.69, 9.17) is 17.3 Å². The van der Waals surface area contributed by atoms with E-state index in [1.165, 1.54) is 0 Å². The van der Waals surface area contributed by atoms with Crippen molar-refractivity contribution in [3.05, 3.63) is 34.3 Å². The van der Waals surface area contributed by atoms with Crippen molar-refractivity contribution in [1.29, 1.82) is 0 Å². The number of nitrogens with zero attached hydrogens (tertiary/aromatic N) is 1. The molecular formula is C13H21ClN2.